The number of carbonyl (C=O) groups excluding carboxylic acids is 1. The van der Waals surface area contributed by atoms with E-state index in [1.165, 1.54) is 16.1 Å². The Hall–Kier alpha value is -1.49. The molecular formula is C14H19N3OS. The zero-order valence-corrected chi connectivity index (χ0v) is 12.6. The molecule has 0 aliphatic rings. The maximum atomic E-state index is 12.6. The minimum atomic E-state index is -0.386. The van der Waals surface area contributed by atoms with Crippen molar-refractivity contribution in [2.75, 3.05) is 0 Å². The number of Topliss-reactive ketones (excluding diaryl/α,β-unsaturated/α-hetero) is 1. The molecular weight excluding hydrogens is 258 g/mol. The van der Waals surface area contributed by atoms with Gasteiger partial charge in [0.2, 0.25) is 0 Å². The van der Waals surface area contributed by atoms with E-state index in [0.29, 0.717) is 6.42 Å². The van der Waals surface area contributed by atoms with E-state index in [-0.39, 0.29) is 17.2 Å². The van der Waals surface area contributed by atoms with Crippen LogP contribution in [0.15, 0.2) is 24.8 Å². The van der Waals surface area contributed by atoms with Crippen LogP contribution in [0.1, 0.15) is 36.6 Å². The first kappa shape index (κ1) is 13.9. The minimum absolute atomic E-state index is 0.184. The lowest BCUT2D eigenvalue weighted by Gasteiger charge is -2.24. The summed E-state index contributed by atoms with van der Waals surface area (Å²) >= 11 is 1.73. The van der Waals surface area contributed by atoms with Gasteiger partial charge in [0.1, 0.15) is 18.7 Å². The lowest BCUT2D eigenvalue weighted by Crippen LogP contribution is -2.32. The number of aromatic nitrogens is 3. The average molecular weight is 277 g/mol. The van der Waals surface area contributed by atoms with Crippen molar-refractivity contribution in [2.24, 2.45) is 5.41 Å². The molecule has 2 rings (SSSR count). The molecule has 102 valence electrons. The highest BCUT2D eigenvalue weighted by atomic mass is 32.1. The zero-order valence-electron chi connectivity index (χ0n) is 11.8. The van der Waals surface area contributed by atoms with Crippen molar-refractivity contribution in [1.29, 1.82) is 0 Å². The maximum Gasteiger partial charge on any atom is 0.163 e. The molecule has 2 heterocycles. The Morgan fingerprint density at radius 1 is 1.42 bits per heavy atom. The van der Waals surface area contributed by atoms with Crippen LogP contribution in [-0.2, 0) is 11.2 Å². The summed E-state index contributed by atoms with van der Waals surface area (Å²) in [4.78, 5) is 19.0. The van der Waals surface area contributed by atoms with Crippen LogP contribution in [0.2, 0.25) is 0 Å². The predicted molar refractivity (Wildman–Crippen MR) is 76.3 cm³/mol. The van der Waals surface area contributed by atoms with Crippen molar-refractivity contribution < 1.29 is 4.79 Å². The molecule has 0 amide bonds. The molecule has 19 heavy (non-hydrogen) atoms. The monoisotopic (exact) mass is 277 g/mol. The van der Waals surface area contributed by atoms with Crippen molar-refractivity contribution in [3.05, 3.63) is 34.5 Å². The fourth-order valence-corrected chi connectivity index (χ4v) is 2.90. The third kappa shape index (κ3) is 3.29. The SMILES string of the molecule is Cc1ccc(CC(C(=O)C(C)(C)C)n2cncn2)s1. The molecule has 1 atom stereocenters. The summed E-state index contributed by atoms with van der Waals surface area (Å²) in [7, 11) is 0. The molecule has 0 radical (unpaired) electrons. The Bertz CT molecular complexity index is 552. The van der Waals surface area contributed by atoms with Crippen LogP contribution in [0.5, 0.6) is 0 Å². The first-order valence-corrected chi connectivity index (χ1v) is 7.13. The van der Waals surface area contributed by atoms with E-state index in [1.807, 2.05) is 20.8 Å². The molecule has 0 aliphatic carbocycles. The number of hydrogen-bond donors (Lipinski definition) is 0. The lowest BCUT2D eigenvalue weighted by atomic mass is 9.85. The molecule has 0 aliphatic heterocycles. The first-order chi connectivity index (χ1) is 8.88. The minimum Gasteiger partial charge on any atom is -0.297 e. The molecule has 0 bridgehead atoms. The first-order valence-electron chi connectivity index (χ1n) is 6.31. The van der Waals surface area contributed by atoms with Gasteiger partial charge in [-0.25, -0.2) is 9.67 Å². The number of rotatable bonds is 4. The molecule has 0 fully saturated rings. The second kappa shape index (κ2) is 5.25. The average Bonchev–Trinajstić information content (AvgIpc) is 2.95. The second-order valence-corrected chi connectivity index (χ2v) is 7.09. The summed E-state index contributed by atoms with van der Waals surface area (Å²) in [5, 5.41) is 4.14. The summed E-state index contributed by atoms with van der Waals surface area (Å²) in [6.45, 7) is 7.90. The highest BCUT2D eigenvalue weighted by molar-refractivity contribution is 7.11. The number of carbonyl (C=O) groups is 1. The van der Waals surface area contributed by atoms with Gasteiger partial charge < -0.3 is 0 Å². The van der Waals surface area contributed by atoms with Crippen LogP contribution < -0.4 is 0 Å². The van der Waals surface area contributed by atoms with Gasteiger partial charge in [-0.2, -0.15) is 5.10 Å². The molecule has 2 aromatic heterocycles. The van der Waals surface area contributed by atoms with Crippen LogP contribution in [0, 0.1) is 12.3 Å². The van der Waals surface area contributed by atoms with Gasteiger partial charge in [-0.05, 0) is 19.1 Å². The number of ketones is 1. The molecule has 1 unspecified atom stereocenters. The summed E-state index contributed by atoms with van der Waals surface area (Å²) in [5.41, 5.74) is -0.386. The molecule has 5 heteroatoms. The number of hydrogen-bond acceptors (Lipinski definition) is 4. The van der Waals surface area contributed by atoms with Crippen LogP contribution >= 0.6 is 11.3 Å². The molecule has 4 nitrogen and oxygen atoms in total. The Morgan fingerprint density at radius 2 is 2.16 bits per heavy atom. The smallest absolute Gasteiger partial charge is 0.163 e. The van der Waals surface area contributed by atoms with Crippen molar-refractivity contribution in [2.45, 2.75) is 40.2 Å². The molecule has 0 N–H and O–H groups in total. The van der Waals surface area contributed by atoms with Gasteiger partial charge in [-0.1, -0.05) is 20.8 Å². The van der Waals surface area contributed by atoms with Crippen LogP contribution in [0.3, 0.4) is 0 Å². The van der Waals surface area contributed by atoms with Crippen molar-refractivity contribution in [1.82, 2.24) is 14.8 Å². The third-order valence-corrected chi connectivity index (χ3v) is 4.01. The van der Waals surface area contributed by atoms with Gasteiger partial charge in [0.15, 0.2) is 5.78 Å². The molecule has 0 aromatic carbocycles. The molecule has 2 aromatic rings. The predicted octanol–water partition coefficient (Wildman–Crippen LogP) is 3.05. The Morgan fingerprint density at radius 3 is 2.63 bits per heavy atom. The summed E-state index contributed by atoms with van der Waals surface area (Å²) in [6, 6.07) is 3.89. The van der Waals surface area contributed by atoms with E-state index in [9.17, 15) is 4.79 Å². The van der Waals surface area contributed by atoms with E-state index in [0.717, 1.165) is 0 Å². The van der Waals surface area contributed by atoms with Gasteiger partial charge in [-0.15, -0.1) is 11.3 Å². The highest BCUT2D eigenvalue weighted by Crippen LogP contribution is 2.28. The van der Waals surface area contributed by atoms with Crippen molar-refractivity contribution >= 4 is 17.1 Å². The van der Waals surface area contributed by atoms with E-state index in [1.54, 1.807) is 22.3 Å². The van der Waals surface area contributed by atoms with Crippen LogP contribution in [-0.4, -0.2) is 20.5 Å². The van der Waals surface area contributed by atoms with Crippen LogP contribution in [0.25, 0.3) is 0 Å². The second-order valence-electron chi connectivity index (χ2n) is 5.72. The Labute approximate surface area is 117 Å². The fraction of sp³-hybridized carbons (Fsp3) is 0.500. The number of thiophene rings is 1. The van der Waals surface area contributed by atoms with Gasteiger partial charge in [0.25, 0.3) is 0 Å². The Balaban J connectivity index is 2.28. The zero-order chi connectivity index (χ0) is 14.0. The quantitative estimate of drug-likeness (QED) is 0.863. The highest BCUT2D eigenvalue weighted by Gasteiger charge is 2.31. The maximum absolute atomic E-state index is 12.6. The summed E-state index contributed by atoms with van der Waals surface area (Å²) in [5.74, 6) is 0.184. The van der Waals surface area contributed by atoms with Gasteiger partial charge in [-0.3, -0.25) is 4.79 Å². The third-order valence-electron chi connectivity index (χ3n) is 2.99. The number of aryl methyl sites for hydroxylation is 1. The van der Waals surface area contributed by atoms with E-state index in [2.05, 4.69) is 29.1 Å². The number of nitrogens with zero attached hydrogens (tertiary/aromatic N) is 3. The van der Waals surface area contributed by atoms with Gasteiger partial charge in [0, 0.05) is 21.6 Å². The van der Waals surface area contributed by atoms with Gasteiger partial charge >= 0.3 is 0 Å². The molecule has 0 spiro atoms. The summed E-state index contributed by atoms with van der Waals surface area (Å²) < 4.78 is 1.67. The van der Waals surface area contributed by atoms with E-state index in [4.69, 9.17) is 0 Å². The summed E-state index contributed by atoms with van der Waals surface area (Å²) in [6.07, 6.45) is 3.77. The van der Waals surface area contributed by atoms with Gasteiger partial charge in [0.05, 0.1) is 0 Å². The molecule has 0 saturated carbocycles. The van der Waals surface area contributed by atoms with Crippen LogP contribution in [0.4, 0.5) is 0 Å². The topological polar surface area (TPSA) is 47.8 Å². The molecule has 0 saturated heterocycles. The van der Waals surface area contributed by atoms with Crippen molar-refractivity contribution in [3.63, 3.8) is 0 Å². The normalized spacial score (nSPS) is 13.5. The lowest BCUT2D eigenvalue weighted by molar-refractivity contribution is -0.130. The largest absolute Gasteiger partial charge is 0.297 e. The van der Waals surface area contributed by atoms with E-state index < -0.39 is 0 Å². The van der Waals surface area contributed by atoms with Crippen molar-refractivity contribution in [3.8, 4) is 0 Å². The standard InChI is InChI=1S/C14H19N3OS/c1-10-5-6-11(19-10)7-12(13(18)14(2,3)4)17-9-15-8-16-17/h5-6,8-9,12H,7H2,1-4H3. The Kier molecular flexibility index (Phi) is 3.85. The fourth-order valence-electron chi connectivity index (χ4n) is 1.97. The van der Waals surface area contributed by atoms with E-state index >= 15 is 0 Å².